The van der Waals surface area contributed by atoms with E-state index in [1.165, 1.54) is 0 Å². The van der Waals surface area contributed by atoms with Crippen LogP contribution in [0.3, 0.4) is 0 Å². The van der Waals surface area contributed by atoms with Gasteiger partial charge < -0.3 is 15.6 Å². The zero-order valence-corrected chi connectivity index (χ0v) is 10.9. The molecule has 1 amide bonds. The van der Waals surface area contributed by atoms with Crippen molar-refractivity contribution in [1.82, 2.24) is 19.9 Å². The van der Waals surface area contributed by atoms with Crippen LogP contribution in [0.15, 0.2) is 17.9 Å². The second-order valence-electron chi connectivity index (χ2n) is 3.83. The molecule has 18 heavy (non-hydrogen) atoms. The van der Waals surface area contributed by atoms with Gasteiger partial charge in [-0.05, 0) is 6.92 Å². The quantitative estimate of drug-likeness (QED) is 0.826. The summed E-state index contributed by atoms with van der Waals surface area (Å²) in [4.78, 5) is 20.1. The molecule has 7 heteroatoms. The molecule has 2 heterocycles. The lowest BCUT2D eigenvalue weighted by molar-refractivity contribution is 0.0946. The lowest BCUT2D eigenvalue weighted by Crippen LogP contribution is -2.23. The molecule has 0 fully saturated rings. The number of rotatable bonds is 5. The Labute approximate surface area is 109 Å². The molecule has 6 nitrogen and oxygen atoms in total. The molecule has 0 unspecified atom stereocenters. The predicted molar refractivity (Wildman–Crippen MR) is 69.3 cm³/mol. The van der Waals surface area contributed by atoms with Crippen LogP contribution in [0.5, 0.6) is 0 Å². The lowest BCUT2D eigenvalue weighted by atomic mass is 10.4. The molecule has 2 rings (SSSR count). The standard InChI is InChI=1S/C11H15N5OS/c1-8-15-9(6-18-8)4-13-11(17)10-5-16(3-2-12)7-14-10/h5-7H,2-4,12H2,1H3,(H,13,17). The van der Waals surface area contributed by atoms with Crippen molar-refractivity contribution < 1.29 is 4.79 Å². The molecular formula is C11H15N5OS. The van der Waals surface area contributed by atoms with Crippen LogP contribution in [0.4, 0.5) is 0 Å². The van der Waals surface area contributed by atoms with Gasteiger partial charge in [-0.3, -0.25) is 4.79 Å². The number of imidazole rings is 1. The number of carbonyl (C=O) groups is 1. The van der Waals surface area contributed by atoms with Gasteiger partial charge in [0, 0.05) is 24.7 Å². The molecule has 0 atom stereocenters. The zero-order valence-electron chi connectivity index (χ0n) is 10.1. The Hall–Kier alpha value is -1.73. The molecule has 2 aromatic heterocycles. The van der Waals surface area contributed by atoms with Crippen molar-refractivity contribution in [3.63, 3.8) is 0 Å². The lowest BCUT2D eigenvalue weighted by Gasteiger charge is -2.00. The first-order valence-corrected chi connectivity index (χ1v) is 6.48. The van der Waals surface area contributed by atoms with Gasteiger partial charge in [-0.15, -0.1) is 11.3 Å². The molecule has 0 aliphatic carbocycles. The van der Waals surface area contributed by atoms with Crippen LogP contribution in [0, 0.1) is 6.92 Å². The highest BCUT2D eigenvalue weighted by atomic mass is 32.1. The van der Waals surface area contributed by atoms with Gasteiger partial charge in [-0.2, -0.15) is 0 Å². The Balaban J connectivity index is 1.90. The molecule has 0 radical (unpaired) electrons. The predicted octanol–water partition coefficient (Wildman–Crippen LogP) is 0.537. The molecule has 96 valence electrons. The van der Waals surface area contributed by atoms with E-state index in [4.69, 9.17) is 5.73 Å². The van der Waals surface area contributed by atoms with E-state index >= 15 is 0 Å². The van der Waals surface area contributed by atoms with E-state index in [1.54, 1.807) is 28.4 Å². The summed E-state index contributed by atoms with van der Waals surface area (Å²) in [5, 5.41) is 5.71. The summed E-state index contributed by atoms with van der Waals surface area (Å²) < 4.78 is 1.79. The number of hydrogen-bond donors (Lipinski definition) is 2. The number of carbonyl (C=O) groups excluding carboxylic acids is 1. The van der Waals surface area contributed by atoms with E-state index < -0.39 is 0 Å². The van der Waals surface area contributed by atoms with Crippen molar-refractivity contribution in [2.45, 2.75) is 20.0 Å². The van der Waals surface area contributed by atoms with Crippen LogP contribution in [0.1, 0.15) is 21.2 Å². The van der Waals surface area contributed by atoms with Gasteiger partial charge in [0.15, 0.2) is 0 Å². The van der Waals surface area contributed by atoms with Gasteiger partial charge in [-0.25, -0.2) is 9.97 Å². The average molecular weight is 265 g/mol. The van der Waals surface area contributed by atoms with Gasteiger partial charge in [0.1, 0.15) is 5.69 Å². The highest BCUT2D eigenvalue weighted by Gasteiger charge is 2.09. The summed E-state index contributed by atoms with van der Waals surface area (Å²) in [6.07, 6.45) is 3.29. The molecule has 3 N–H and O–H groups in total. The summed E-state index contributed by atoms with van der Waals surface area (Å²) in [6, 6.07) is 0. The van der Waals surface area contributed by atoms with Crippen molar-refractivity contribution in [2.24, 2.45) is 5.73 Å². The fraction of sp³-hybridized carbons (Fsp3) is 0.364. The zero-order chi connectivity index (χ0) is 13.0. The molecule has 0 aliphatic rings. The molecule has 0 saturated carbocycles. The monoisotopic (exact) mass is 265 g/mol. The number of aromatic nitrogens is 3. The van der Waals surface area contributed by atoms with Gasteiger partial charge >= 0.3 is 0 Å². The molecule has 0 aromatic carbocycles. The van der Waals surface area contributed by atoms with Crippen molar-refractivity contribution in [3.05, 3.63) is 34.3 Å². The maximum absolute atomic E-state index is 11.8. The first-order valence-electron chi connectivity index (χ1n) is 5.60. The Morgan fingerprint density at radius 2 is 2.44 bits per heavy atom. The third kappa shape index (κ3) is 3.14. The number of thiazole rings is 1. The second-order valence-corrected chi connectivity index (χ2v) is 4.89. The van der Waals surface area contributed by atoms with Crippen molar-refractivity contribution in [2.75, 3.05) is 6.54 Å². The summed E-state index contributed by atoms with van der Waals surface area (Å²) in [6.45, 7) is 3.54. The molecule has 0 bridgehead atoms. The Morgan fingerprint density at radius 3 is 3.11 bits per heavy atom. The van der Waals surface area contributed by atoms with Gasteiger partial charge in [0.2, 0.25) is 0 Å². The van der Waals surface area contributed by atoms with Crippen LogP contribution in [0.2, 0.25) is 0 Å². The van der Waals surface area contributed by atoms with Crippen LogP contribution in [0.25, 0.3) is 0 Å². The first kappa shape index (κ1) is 12.7. The normalized spacial score (nSPS) is 10.6. The Morgan fingerprint density at radius 1 is 1.61 bits per heavy atom. The molecule has 2 aromatic rings. The fourth-order valence-electron chi connectivity index (χ4n) is 1.50. The van der Waals surface area contributed by atoms with E-state index in [0.717, 1.165) is 10.7 Å². The molecule has 0 aliphatic heterocycles. The molecule has 0 saturated heterocycles. The third-order valence-electron chi connectivity index (χ3n) is 2.35. The fourth-order valence-corrected chi connectivity index (χ4v) is 2.11. The highest BCUT2D eigenvalue weighted by molar-refractivity contribution is 7.09. The number of nitrogens with two attached hydrogens (primary N) is 1. The minimum atomic E-state index is -0.198. The average Bonchev–Trinajstić information content (AvgIpc) is 2.96. The topological polar surface area (TPSA) is 85.8 Å². The largest absolute Gasteiger partial charge is 0.345 e. The van der Waals surface area contributed by atoms with Crippen LogP contribution < -0.4 is 11.1 Å². The van der Waals surface area contributed by atoms with E-state index in [2.05, 4.69) is 15.3 Å². The van der Waals surface area contributed by atoms with Gasteiger partial charge in [0.25, 0.3) is 5.91 Å². The highest BCUT2D eigenvalue weighted by Crippen LogP contribution is 2.07. The Kier molecular flexibility index (Phi) is 4.06. The minimum Gasteiger partial charge on any atom is -0.345 e. The summed E-state index contributed by atoms with van der Waals surface area (Å²) in [7, 11) is 0. The van der Waals surface area contributed by atoms with Crippen molar-refractivity contribution >= 4 is 17.2 Å². The van der Waals surface area contributed by atoms with Gasteiger partial charge in [0.05, 0.1) is 23.6 Å². The summed E-state index contributed by atoms with van der Waals surface area (Å²) in [5.41, 5.74) is 6.69. The summed E-state index contributed by atoms with van der Waals surface area (Å²) in [5.74, 6) is -0.198. The van der Waals surface area contributed by atoms with Gasteiger partial charge in [-0.1, -0.05) is 0 Å². The first-order chi connectivity index (χ1) is 8.69. The number of nitrogens with one attached hydrogen (secondary N) is 1. The van der Waals surface area contributed by atoms with Crippen LogP contribution in [-0.4, -0.2) is 27.0 Å². The number of nitrogens with zero attached hydrogens (tertiary/aromatic N) is 3. The smallest absolute Gasteiger partial charge is 0.271 e. The summed E-state index contributed by atoms with van der Waals surface area (Å²) >= 11 is 1.57. The number of hydrogen-bond acceptors (Lipinski definition) is 5. The van der Waals surface area contributed by atoms with Crippen molar-refractivity contribution in [1.29, 1.82) is 0 Å². The van der Waals surface area contributed by atoms with E-state index in [9.17, 15) is 4.79 Å². The maximum atomic E-state index is 11.8. The third-order valence-corrected chi connectivity index (χ3v) is 3.17. The van der Waals surface area contributed by atoms with E-state index in [-0.39, 0.29) is 5.91 Å². The maximum Gasteiger partial charge on any atom is 0.271 e. The van der Waals surface area contributed by atoms with Crippen molar-refractivity contribution in [3.8, 4) is 0 Å². The molecular weight excluding hydrogens is 250 g/mol. The van der Waals surface area contributed by atoms with E-state index in [1.807, 2.05) is 12.3 Å². The molecule has 0 spiro atoms. The van der Waals surface area contributed by atoms with E-state index in [0.29, 0.717) is 25.3 Å². The Bertz CT molecular complexity index is 533. The van der Waals surface area contributed by atoms with Crippen LogP contribution in [-0.2, 0) is 13.1 Å². The second kappa shape index (κ2) is 5.74. The number of amides is 1. The van der Waals surface area contributed by atoms with Crippen LogP contribution >= 0.6 is 11.3 Å². The number of aryl methyl sites for hydroxylation is 1. The minimum absolute atomic E-state index is 0.198. The SMILES string of the molecule is Cc1nc(CNC(=O)c2cn(CCN)cn2)cs1.